The summed E-state index contributed by atoms with van der Waals surface area (Å²) in [5.41, 5.74) is 8.59. The lowest BCUT2D eigenvalue weighted by atomic mass is 9.92. The zero-order valence-corrected chi connectivity index (χ0v) is 21.9. The van der Waals surface area contributed by atoms with Gasteiger partial charge in [-0.3, -0.25) is 4.90 Å². The highest BCUT2D eigenvalue weighted by Crippen LogP contribution is 2.40. The van der Waals surface area contributed by atoms with Crippen molar-refractivity contribution in [3.05, 3.63) is 100 Å². The maximum atomic E-state index is 13.5. The highest BCUT2D eigenvalue weighted by molar-refractivity contribution is 6.01. The molecule has 0 fully saturated rings. The third kappa shape index (κ3) is 4.48. The number of nitrogens with zero attached hydrogens (tertiary/aromatic N) is 3. The predicted molar refractivity (Wildman–Crippen MR) is 144 cm³/mol. The number of hydrogen-bond donors (Lipinski definition) is 1. The first-order chi connectivity index (χ1) is 17.8. The van der Waals surface area contributed by atoms with Crippen LogP contribution in [-0.2, 0) is 0 Å². The average Bonchev–Trinajstić information content (AvgIpc) is 3.37. The predicted octanol–water partition coefficient (Wildman–Crippen LogP) is 6.68. The zero-order valence-electron chi connectivity index (χ0n) is 21.9. The number of anilines is 1. The molecule has 1 aliphatic rings. The lowest BCUT2D eigenvalue weighted by Crippen LogP contribution is -2.46. The van der Waals surface area contributed by atoms with E-state index in [2.05, 4.69) is 43.4 Å². The van der Waals surface area contributed by atoms with Crippen molar-refractivity contribution in [3.8, 4) is 17.1 Å². The highest BCUT2D eigenvalue weighted by atomic mass is 16.5. The van der Waals surface area contributed by atoms with Gasteiger partial charge in [0.1, 0.15) is 5.75 Å². The number of methoxy groups -OCH3 is 1. The van der Waals surface area contributed by atoms with Gasteiger partial charge in [-0.1, -0.05) is 41.6 Å². The van der Waals surface area contributed by atoms with Gasteiger partial charge in [0.25, 0.3) is 5.89 Å². The Morgan fingerprint density at radius 1 is 0.892 bits per heavy atom. The Hall–Kier alpha value is -4.39. The molecule has 5 rings (SSSR count). The molecule has 7 heteroatoms. The molecule has 0 aliphatic carbocycles. The van der Waals surface area contributed by atoms with E-state index < -0.39 is 6.04 Å². The van der Waals surface area contributed by atoms with E-state index >= 15 is 0 Å². The summed E-state index contributed by atoms with van der Waals surface area (Å²) in [7, 11) is 1.62. The van der Waals surface area contributed by atoms with E-state index in [0.717, 1.165) is 44.8 Å². The number of aromatic nitrogens is 2. The summed E-state index contributed by atoms with van der Waals surface area (Å²) < 4.78 is 11.2. The van der Waals surface area contributed by atoms with Crippen LogP contribution >= 0.6 is 0 Å². The minimum absolute atomic E-state index is 0.208. The molecule has 1 unspecified atom stereocenters. The van der Waals surface area contributed by atoms with Gasteiger partial charge in [0.15, 0.2) is 0 Å². The van der Waals surface area contributed by atoms with Crippen molar-refractivity contribution in [1.82, 2.24) is 15.5 Å². The molecular formula is C30H30N4O3. The maximum Gasteiger partial charge on any atom is 0.326 e. The summed E-state index contributed by atoms with van der Waals surface area (Å²) in [6.07, 6.45) is 0. The van der Waals surface area contributed by atoms with E-state index in [1.807, 2.05) is 62.4 Å². The van der Waals surface area contributed by atoms with Gasteiger partial charge in [-0.25, -0.2) is 4.79 Å². The Morgan fingerprint density at radius 3 is 2.32 bits per heavy atom. The molecule has 0 radical (unpaired) electrons. The van der Waals surface area contributed by atoms with Crippen molar-refractivity contribution >= 4 is 17.3 Å². The first-order valence-electron chi connectivity index (χ1n) is 12.2. The van der Waals surface area contributed by atoms with Gasteiger partial charge in [-0.15, -0.1) is 0 Å². The highest BCUT2D eigenvalue weighted by Gasteiger charge is 2.36. The number of hydrogen-bond acceptors (Lipinski definition) is 5. The lowest BCUT2D eigenvalue weighted by molar-refractivity contribution is 0.244. The Kier molecular flexibility index (Phi) is 6.29. The van der Waals surface area contributed by atoms with E-state index in [4.69, 9.17) is 14.2 Å². The number of allylic oxidation sites excluding steroid dienone is 1. The molecule has 1 atom stereocenters. The van der Waals surface area contributed by atoms with Crippen molar-refractivity contribution in [2.45, 2.75) is 40.7 Å². The van der Waals surface area contributed by atoms with E-state index in [1.165, 1.54) is 5.56 Å². The minimum Gasteiger partial charge on any atom is -0.497 e. The molecule has 0 saturated heterocycles. The van der Waals surface area contributed by atoms with Crippen molar-refractivity contribution < 1.29 is 14.1 Å². The van der Waals surface area contributed by atoms with Crippen molar-refractivity contribution in [3.63, 3.8) is 0 Å². The van der Waals surface area contributed by atoms with E-state index in [0.29, 0.717) is 17.5 Å². The zero-order chi connectivity index (χ0) is 26.3. The number of aryl methyl sites for hydroxylation is 4. The summed E-state index contributed by atoms with van der Waals surface area (Å²) in [6.45, 7) is 10.1. The minimum atomic E-state index is -0.451. The average molecular weight is 495 g/mol. The lowest BCUT2D eigenvalue weighted by Gasteiger charge is -2.35. The number of carbonyl (C=O) groups is 1. The fourth-order valence-electron chi connectivity index (χ4n) is 4.60. The summed E-state index contributed by atoms with van der Waals surface area (Å²) in [6, 6.07) is 19.0. The summed E-state index contributed by atoms with van der Waals surface area (Å²) in [4.78, 5) is 19.9. The molecule has 1 N–H and O–H groups in total. The Morgan fingerprint density at radius 2 is 1.62 bits per heavy atom. The Balaban J connectivity index is 1.67. The standard InChI is InChI=1S/C30H30N4O3/c1-17-10-12-22(14-19(17)3)27-26(29-32-28(33-37-29)23-8-7-9-25(16-23)36-6)21(5)34(30(35)31-27)24-13-11-18(2)20(4)15-24/h7-16,27H,1-6H3,(H,31,35). The van der Waals surface area contributed by atoms with E-state index in [-0.39, 0.29) is 6.03 Å². The number of carbonyl (C=O) groups excluding carboxylic acids is 1. The van der Waals surface area contributed by atoms with Crippen LogP contribution in [-0.4, -0.2) is 23.3 Å². The second-order valence-corrected chi connectivity index (χ2v) is 9.48. The summed E-state index contributed by atoms with van der Waals surface area (Å²) >= 11 is 0. The van der Waals surface area contributed by atoms with Crippen molar-refractivity contribution in [2.24, 2.45) is 0 Å². The Labute approximate surface area is 216 Å². The maximum absolute atomic E-state index is 13.5. The van der Waals surface area contributed by atoms with Crippen molar-refractivity contribution in [1.29, 1.82) is 0 Å². The molecule has 0 saturated carbocycles. The molecule has 3 aromatic carbocycles. The number of ether oxygens (including phenoxy) is 1. The SMILES string of the molecule is COc1cccc(-c2noc(C3=C(C)N(c4ccc(C)c(C)c4)C(=O)NC3c3ccc(C)c(C)c3)n2)c1. The van der Waals surface area contributed by atoms with Gasteiger partial charge in [-0.2, -0.15) is 4.98 Å². The molecule has 37 heavy (non-hydrogen) atoms. The largest absolute Gasteiger partial charge is 0.497 e. The normalized spacial score (nSPS) is 15.7. The van der Waals surface area contributed by atoms with Gasteiger partial charge in [0.05, 0.1) is 24.4 Å². The van der Waals surface area contributed by atoms with Gasteiger partial charge in [-0.05, 0) is 86.7 Å². The second kappa shape index (κ2) is 9.58. The number of urea groups is 1. The quantitative estimate of drug-likeness (QED) is 0.335. The smallest absolute Gasteiger partial charge is 0.326 e. The molecular weight excluding hydrogens is 464 g/mol. The van der Waals surface area contributed by atoms with Gasteiger partial charge < -0.3 is 14.6 Å². The van der Waals surface area contributed by atoms with Crippen LogP contribution in [0.25, 0.3) is 17.0 Å². The van der Waals surface area contributed by atoms with Gasteiger partial charge >= 0.3 is 6.03 Å². The number of amides is 2. The molecule has 2 heterocycles. The first-order valence-corrected chi connectivity index (χ1v) is 12.2. The molecule has 188 valence electrons. The van der Waals surface area contributed by atoms with Crippen LogP contribution in [0, 0.1) is 27.7 Å². The topological polar surface area (TPSA) is 80.5 Å². The van der Waals surface area contributed by atoms with Crippen LogP contribution < -0.4 is 15.0 Å². The van der Waals surface area contributed by atoms with Crippen LogP contribution in [0.1, 0.15) is 46.7 Å². The van der Waals surface area contributed by atoms with Gasteiger partial charge in [0.2, 0.25) is 5.82 Å². The number of nitrogens with one attached hydrogen (secondary N) is 1. The molecule has 7 nitrogen and oxygen atoms in total. The molecule has 2 amide bonds. The third-order valence-corrected chi connectivity index (χ3v) is 7.08. The summed E-state index contributed by atoms with van der Waals surface area (Å²) in [5.74, 6) is 1.51. The fourth-order valence-corrected chi connectivity index (χ4v) is 4.60. The molecule has 0 bridgehead atoms. The number of benzene rings is 3. The van der Waals surface area contributed by atoms with E-state index in [1.54, 1.807) is 12.0 Å². The summed E-state index contributed by atoms with van der Waals surface area (Å²) in [5, 5.41) is 7.46. The first kappa shape index (κ1) is 24.3. The monoisotopic (exact) mass is 494 g/mol. The van der Waals surface area contributed by atoms with Crippen LogP contribution in [0.3, 0.4) is 0 Å². The second-order valence-electron chi connectivity index (χ2n) is 9.48. The number of rotatable bonds is 5. The Bertz CT molecular complexity index is 1540. The molecule has 0 spiro atoms. The van der Waals surface area contributed by atoms with Crippen LogP contribution in [0.2, 0.25) is 0 Å². The van der Waals surface area contributed by atoms with Crippen LogP contribution in [0.5, 0.6) is 5.75 Å². The van der Waals surface area contributed by atoms with Gasteiger partial charge in [0, 0.05) is 11.3 Å². The van der Waals surface area contributed by atoms with Crippen molar-refractivity contribution in [2.75, 3.05) is 12.0 Å². The fraction of sp³-hybridized carbons (Fsp3) is 0.233. The van der Waals surface area contributed by atoms with Crippen LogP contribution in [0.4, 0.5) is 10.5 Å². The molecule has 1 aliphatic heterocycles. The van der Waals surface area contributed by atoms with Crippen LogP contribution in [0.15, 0.2) is 70.9 Å². The third-order valence-electron chi connectivity index (χ3n) is 7.08. The van der Waals surface area contributed by atoms with E-state index in [9.17, 15) is 4.79 Å². The molecule has 1 aromatic heterocycles. The molecule has 4 aromatic rings.